The van der Waals surface area contributed by atoms with E-state index in [0.717, 1.165) is 53.9 Å². The molecule has 2 aromatic heterocycles. The number of hydrogen-bond acceptors (Lipinski definition) is 8. The number of anilines is 2. The highest BCUT2D eigenvalue weighted by Gasteiger charge is 2.24. The molecule has 0 saturated carbocycles. The molecule has 36 heavy (non-hydrogen) atoms. The van der Waals surface area contributed by atoms with Gasteiger partial charge in [0.15, 0.2) is 0 Å². The average Bonchev–Trinajstić information content (AvgIpc) is 2.90. The summed E-state index contributed by atoms with van der Waals surface area (Å²) in [5.74, 6) is 0.173. The van der Waals surface area contributed by atoms with Gasteiger partial charge in [-0.25, -0.2) is 19.3 Å². The number of halogens is 1. The summed E-state index contributed by atoms with van der Waals surface area (Å²) in [7, 11) is 0. The number of hydrogen-bond donors (Lipinski definition) is 3. The minimum atomic E-state index is -0.335. The first-order valence-corrected chi connectivity index (χ1v) is 11.9. The van der Waals surface area contributed by atoms with E-state index < -0.39 is 0 Å². The lowest BCUT2D eigenvalue weighted by Gasteiger charge is -2.30. The lowest BCUT2D eigenvalue weighted by Crippen LogP contribution is -2.43. The van der Waals surface area contributed by atoms with Crippen LogP contribution in [0.1, 0.15) is 29.8 Å². The van der Waals surface area contributed by atoms with Gasteiger partial charge in [-0.3, -0.25) is 4.90 Å². The van der Waals surface area contributed by atoms with E-state index in [9.17, 15) is 9.65 Å². The topological polar surface area (TPSA) is 116 Å². The molecule has 2 aromatic carbocycles. The molecule has 182 valence electrons. The van der Waals surface area contributed by atoms with Crippen LogP contribution in [0.25, 0.3) is 22.0 Å². The van der Waals surface area contributed by atoms with Crippen molar-refractivity contribution in [3.05, 3.63) is 77.5 Å². The quantitative estimate of drug-likeness (QED) is 0.379. The third kappa shape index (κ3) is 4.69. The van der Waals surface area contributed by atoms with Crippen molar-refractivity contribution in [2.75, 3.05) is 37.2 Å². The normalized spacial score (nSPS) is 14.9. The summed E-state index contributed by atoms with van der Waals surface area (Å²) in [5, 5.41) is 17.1. The molecule has 0 spiro atoms. The standard InChI is InChI=1S/C27H27FN8/c1-17(34-27-21(14-29)26(30)32-16-33-27)25-24(18-5-3-2-4-6-18)22(15-36-11-9-31-10-12-36)20-13-19(28)7-8-23(20)35-25/h2-8,13,16-17,31H,9-12,15H2,1H3,(H3,30,32,33,34)/t17-/m0/s1. The van der Waals surface area contributed by atoms with E-state index in [4.69, 9.17) is 10.7 Å². The van der Waals surface area contributed by atoms with Gasteiger partial charge in [-0.15, -0.1) is 0 Å². The maximum Gasteiger partial charge on any atom is 0.150 e. The molecule has 4 aromatic rings. The zero-order valence-corrected chi connectivity index (χ0v) is 20.0. The highest BCUT2D eigenvalue weighted by atomic mass is 19.1. The molecule has 1 atom stereocenters. The predicted molar refractivity (Wildman–Crippen MR) is 138 cm³/mol. The lowest BCUT2D eigenvalue weighted by molar-refractivity contribution is 0.234. The second-order valence-corrected chi connectivity index (χ2v) is 8.86. The van der Waals surface area contributed by atoms with Gasteiger partial charge < -0.3 is 16.4 Å². The third-order valence-corrected chi connectivity index (χ3v) is 6.49. The second-order valence-electron chi connectivity index (χ2n) is 8.86. The Morgan fingerprint density at radius 1 is 1.17 bits per heavy atom. The molecule has 1 saturated heterocycles. The van der Waals surface area contributed by atoms with Gasteiger partial charge in [0.05, 0.1) is 17.3 Å². The summed E-state index contributed by atoms with van der Waals surface area (Å²) in [6.07, 6.45) is 1.33. The number of nitrogen functional groups attached to an aromatic ring is 1. The minimum Gasteiger partial charge on any atom is -0.382 e. The van der Waals surface area contributed by atoms with E-state index in [0.29, 0.717) is 17.9 Å². The van der Waals surface area contributed by atoms with Gasteiger partial charge in [-0.05, 0) is 36.2 Å². The van der Waals surface area contributed by atoms with E-state index in [1.165, 1.54) is 12.4 Å². The molecular formula is C27H27FN8. The molecule has 1 aliphatic rings. The fourth-order valence-electron chi connectivity index (χ4n) is 4.71. The number of rotatable bonds is 6. The fraction of sp³-hybridized carbons (Fsp3) is 0.259. The SMILES string of the molecule is C[C@H](Nc1ncnc(N)c1C#N)c1nc2ccc(F)cc2c(CN2CCNCC2)c1-c1ccccc1. The molecule has 9 heteroatoms. The number of fused-ring (bicyclic) bond motifs is 1. The van der Waals surface area contributed by atoms with Crippen molar-refractivity contribution in [2.45, 2.75) is 19.5 Å². The Morgan fingerprint density at radius 3 is 2.69 bits per heavy atom. The summed E-state index contributed by atoms with van der Waals surface area (Å²) >= 11 is 0. The fourth-order valence-corrected chi connectivity index (χ4v) is 4.71. The van der Waals surface area contributed by atoms with Crippen LogP contribution in [0.5, 0.6) is 0 Å². The lowest BCUT2D eigenvalue weighted by atomic mass is 9.91. The Balaban J connectivity index is 1.70. The van der Waals surface area contributed by atoms with Crippen LogP contribution in [0.2, 0.25) is 0 Å². The van der Waals surface area contributed by atoms with Crippen molar-refractivity contribution >= 4 is 22.5 Å². The highest BCUT2D eigenvalue weighted by molar-refractivity contribution is 5.90. The smallest absolute Gasteiger partial charge is 0.150 e. The Morgan fingerprint density at radius 2 is 1.94 bits per heavy atom. The maximum atomic E-state index is 14.5. The first kappa shape index (κ1) is 23.6. The number of nitrogens with zero attached hydrogens (tertiary/aromatic N) is 5. The highest BCUT2D eigenvalue weighted by Crippen LogP contribution is 2.37. The van der Waals surface area contributed by atoms with Crippen molar-refractivity contribution in [3.8, 4) is 17.2 Å². The van der Waals surface area contributed by atoms with Gasteiger partial charge in [0.1, 0.15) is 35.4 Å². The molecule has 1 aliphatic heterocycles. The number of nitriles is 1. The zero-order chi connectivity index (χ0) is 25.1. The Kier molecular flexibility index (Phi) is 6.71. The summed E-state index contributed by atoms with van der Waals surface area (Å²) in [4.78, 5) is 15.6. The van der Waals surface area contributed by atoms with E-state index in [-0.39, 0.29) is 23.2 Å². The van der Waals surface area contributed by atoms with E-state index in [1.54, 1.807) is 12.1 Å². The van der Waals surface area contributed by atoms with Crippen molar-refractivity contribution in [1.29, 1.82) is 5.26 Å². The van der Waals surface area contributed by atoms with Crippen molar-refractivity contribution in [1.82, 2.24) is 25.2 Å². The molecule has 4 N–H and O–H groups in total. The number of nitrogens with one attached hydrogen (secondary N) is 2. The van der Waals surface area contributed by atoms with E-state index in [1.807, 2.05) is 37.3 Å². The molecule has 0 unspecified atom stereocenters. The van der Waals surface area contributed by atoms with Gasteiger partial charge in [0, 0.05) is 43.7 Å². The average molecular weight is 483 g/mol. The Bertz CT molecular complexity index is 1430. The van der Waals surface area contributed by atoms with Crippen LogP contribution in [0.3, 0.4) is 0 Å². The van der Waals surface area contributed by atoms with Crippen LogP contribution in [0.4, 0.5) is 16.0 Å². The van der Waals surface area contributed by atoms with Gasteiger partial charge in [0.25, 0.3) is 0 Å². The third-order valence-electron chi connectivity index (χ3n) is 6.49. The molecule has 5 rings (SSSR count). The number of nitrogens with two attached hydrogens (primary N) is 1. The first-order chi connectivity index (χ1) is 17.5. The summed E-state index contributed by atoms with van der Waals surface area (Å²) in [6.45, 7) is 6.27. The van der Waals surface area contributed by atoms with Crippen molar-refractivity contribution < 1.29 is 4.39 Å². The summed E-state index contributed by atoms with van der Waals surface area (Å²) < 4.78 is 14.5. The van der Waals surface area contributed by atoms with Gasteiger partial charge in [-0.1, -0.05) is 30.3 Å². The van der Waals surface area contributed by atoms with Crippen LogP contribution >= 0.6 is 0 Å². The molecule has 0 bridgehead atoms. The van der Waals surface area contributed by atoms with E-state index in [2.05, 4.69) is 31.6 Å². The van der Waals surface area contributed by atoms with Crippen LogP contribution in [-0.2, 0) is 6.54 Å². The van der Waals surface area contributed by atoms with Crippen molar-refractivity contribution in [2.24, 2.45) is 0 Å². The maximum absolute atomic E-state index is 14.5. The first-order valence-electron chi connectivity index (χ1n) is 11.9. The van der Waals surface area contributed by atoms with Crippen LogP contribution in [0, 0.1) is 17.1 Å². The zero-order valence-electron chi connectivity index (χ0n) is 20.0. The minimum absolute atomic E-state index is 0.117. The van der Waals surface area contributed by atoms with Gasteiger partial charge in [-0.2, -0.15) is 5.26 Å². The molecule has 0 aliphatic carbocycles. The molecule has 0 amide bonds. The Hall–Kier alpha value is -4.13. The number of pyridine rings is 1. The summed E-state index contributed by atoms with van der Waals surface area (Å²) in [5.41, 5.74) is 10.6. The predicted octanol–water partition coefficient (Wildman–Crippen LogP) is 3.86. The number of piperazine rings is 1. The van der Waals surface area contributed by atoms with E-state index >= 15 is 0 Å². The monoisotopic (exact) mass is 482 g/mol. The molecule has 1 fully saturated rings. The molecule has 3 heterocycles. The van der Waals surface area contributed by atoms with Gasteiger partial charge in [0.2, 0.25) is 0 Å². The van der Waals surface area contributed by atoms with Crippen LogP contribution < -0.4 is 16.4 Å². The molecule has 8 nitrogen and oxygen atoms in total. The molecule has 0 radical (unpaired) electrons. The van der Waals surface area contributed by atoms with Gasteiger partial charge >= 0.3 is 0 Å². The second kappa shape index (κ2) is 10.2. The van der Waals surface area contributed by atoms with Crippen LogP contribution in [0.15, 0.2) is 54.9 Å². The number of aromatic nitrogens is 3. The Labute approximate surface area is 209 Å². The van der Waals surface area contributed by atoms with Crippen LogP contribution in [-0.4, -0.2) is 46.0 Å². The number of benzene rings is 2. The molecular weight excluding hydrogens is 455 g/mol. The van der Waals surface area contributed by atoms with Crippen molar-refractivity contribution in [3.63, 3.8) is 0 Å². The summed E-state index contributed by atoms with van der Waals surface area (Å²) in [6, 6.07) is 16.5. The largest absolute Gasteiger partial charge is 0.382 e.